The van der Waals surface area contributed by atoms with E-state index in [1.165, 1.54) is 0 Å². The van der Waals surface area contributed by atoms with Crippen LogP contribution in [0.4, 0.5) is 8.78 Å². The van der Waals surface area contributed by atoms with Crippen LogP contribution in [0.2, 0.25) is 0 Å². The van der Waals surface area contributed by atoms with Crippen LogP contribution in [0.1, 0.15) is 19.3 Å². The molecule has 0 radical (unpaired) electrons. The molecule has 2 atom stereocenters. The standard InChI is InChI=1S/C9H9F2NO2/c1-12-7-4-5(9(13)14)2-3-6(7)8(10)11/h1,5,7H,2-4H2/p+1/t5-,7-/m0/s1. The van der Waals surface area contributed by atoms with Crippen molar-refractivity contribution < 1.29 is 18.7 Å². The fourth-order valence-corrected chi connectivity index (χ4v) is 1.62. The van der Waals surface area contributed by atoms with Crippen molar-refractivity contribution >= 4 is 5.97 Å². The number of carbonyl (C=O) groups is 1. The summed E-state index contributed by atoms with van der Waals surface area (Å²) in [5.41, 5.74) is -0.120. The summed E-state index contributed by atoms with van der Waals surface area (Å²) < 4.78 is 24.6. The van der Waals surface area contributed by atoms with Crippen LogP contribution in [0.15, 0.2) is 11.7 Å². The number of rotatable bonds is 1. The first-order chi connectivity index (χ1) is 6.56. The summed E-state index contributed by atoms with van der Waals surface area (Å²) in [6.45, 7) is 4.96. The Bertz CT molecular complexity index is 315. The van der Waals surface area contributed by atoms with Crippen molar-refractivity contribution in [3.63, 3.8) is 0 Å². The summed E-state index contributed by atoms with van der Waals surface area (Å²) in [5, 5.41) is 8.69. The number of aliphatic carboxylic acids is 1. The Labute approximate surface area is 79.9 Å². The SMILES string of the molecule is C#[N+][C@H]1C[C@@H](C(=O)O)CCC1=C(F)F. The molecule has 0 aromatic carbocycles. The van der Waals surface area contributed by atoms with Crippen molar-refractivity contribution in [3.05, 3.63) is 16.5 Å². The average Bonchev–Trinajstić information content (AvgIpc) is 2.16. The summed E-state index contributed by atoms with van der Waals surface area (Å²) in [4.78, 5) is 13.9. The van der Waals surface area contributed by atoms with Crippen molar-refractivity contribution in [1.82, 2.24) is 0 Å². The van der Waals surface area contributed by atoms with Gasteiger partial charge in [-0.3, -0.25) is 4.79 Å². The number of hydrogen-bond donors (Lipinski definition) is 1. The lowest BCUT2D eigenvalue weighted by Gasteiger charge is -2.18. The molecule has 1 fully saturated rings. The van der Waals surface area contributed by atoms with Gasteiger partial charge in [0.15, 0.2) is 0 Å². The van der Waals surface area contributed by atoms with E-state index in [0.29, 0.717) is 0 Å². The second-order valence-electron chi connectivity index (χ2n) is 3.26. The normalized spacial score (nSPS) is 26.8. The van der Waals surface area contributed by atoms with Gasteiger partial charge in [-0.2, -0.15) is 8.78 Å². The molecule has 0 bridgehead atoms. The van der Waals surface area contributed by atoms with Gasteiger partial charge in [0, 0.05) is 6.42 Å². The second-order valence-corrected chi connectivity index (χ2v) is 3.26. The topological polar surface area (TPSA) is 41.7 Å². The third-order valence-corrected chi connectivity index (χ3v) is 2.44. The van der Waals surface area contributed by atoms with E-state index in [2.05, 4.69) is 4.85 Å². The van der Waals surface area contributed by atoms with Gasteiger partial charge in [0.05, 0.1) is 11.5 Å². The summed E-state index contributed by atoms with van der Waals surface area (Å²) >= 11 is 0. The van der Waals surface area contributed by atoms with Crippen LogP contribution >= 0.6 is 0 Å². The van der Waals surface area contributed by atoms with Crippen LogP contribution in [-0.2, 0) is 4.79 Å². The number of hydrogen-bond acceptors (Lipinski definition) is 1. The lowest BCUT2D eigenvalue weighted by molar-refractivity contribution is -0.142. The highest BCUT2D eigenvalue weighted by molar-refractivity contribution is 5.70. The van der Waals surface area contributed by atoms with E-state index in [0.717, 1.165) is 0 Å². The molecule has 0 heterocycles. The maximum atomic E-state index is 12.3. The van der Waals surface area contributed by atoms with Gasteiger partial charge < -0.3 is 5.11 Å². The lowest BCUT2D eigenvalue weighted by atomic mass is 9.83. The molecular formula is C9H10F2NO2+. The van der Waals surface area contributed by atoms with E-state index < -0.39 is 24.0 Å². The molecule has 0 saturated heterocycles. The third kappa shape index (κ3) is 2.08. The average molecular weight is 202 g/mol. The highest BCUT2D eigenvalue weighted by Gasteiger charge is 2.38. The van der Waals surface area contributed by atoms with Crippen LogP contribution in [-0.4, -0.2) is 17.1 Å². The zero-order valence-corrected chi connectivity index (χ0v) is 7.41. The Morgan fingerprint density at radius 3 is 2.64 bits per heavy atom. The first-order valence-electron chi connectivity index (χ1n) is 4.23. The molecule has 0 unspecified atom stereocenters. The van der Waals surface area contributed by atoms with Crippen LogP contribution < -0.4 is 0 Å². The van der Waals surface area contributed by atoms with Crippen molar-refractivity contribution in [2.45, 2.75) is 25.3 Å². The molecule has 3 nitrogen and oxygen atoms in total. The summed E-state index contributed by atoms with van der Waals surface area (Å²) in [6.07, 6.45) is -1.43. The molecule has 1 aliphatic carbocycles. The van der Waals surface area contributed by atoms with Gasteiger partial charge in [-0.1, -0.05) is 4.85 Å². The molecule has 14 heavy (non-hydrogen) atoms. The molecule has 0 aromatic heterocycles. The van der Waals surface area contributed by atoms with Gasteiger partial charge in [0.2, 0.25) is 0 Å². The predicted octanol–water partition coefficient (Wildman–Crippen LogP) is 2.35. The number of carboxylic acid groups (broad SMARTS) is 1. The molecule has 76 valence electrons. The maximum Gasteiger partial charge on any atom is 0.306 e. The molecule has 5 heteroatoms. The Kier molecular flexibility index (Phi) is 3.18. The minimum absolute atomic E-state index is 0.0602. The van der Waals surface area contributed by atoms with Crippen LogP contribution in [0.25, 0.3) is 4.85 Å². The van der Waals surface area contributed by atoms with Crippen LogP contribution in [0.3, 0.4) is 0 Å². The molecule has 1 saturated carbocycles. The monoisotopic (exact) mass is 202 g/mol. The van der Waals surface area contributed by atoms with Crippen LogP contribution in [0.5, 0.6) is 0 Å². The van der Waals surface area contributed by atoms with Crippen molar-refractivity contribution in [1.29, 1.82) is 0 Å². The van der Waals surface area contributed by atoms with Gasteiger partial charge in [-0.25, -0.2) is 0 Å². The van der Waals surface area contributed by atoms with E-state index in [-0.39, 0.29) is 24.8 Å². The Balaban J connectivity index is 2.81. The van der Waals surface area contributed by atoms with Crippen molar-refractivity contribution in [3.8, 4) is 6.57 Å². The number of nitrogens with zero attached hydrogens (tertiary/aromatic N) is 1. The smallest absolute Gasteiger partial charge is 0.306 e. The summed E-state index contributed by atoms with van der Waals surface area (Å²) in [6, 6.07) is -0.838. The van der Waals surface area contributed by atoms with Crippen molar-refractivity contribution in [2.75, 3.05) is 0 Å². The first-order valence-corrected chi connectivity index (χ1v) is 4.23. The molecule has 0 aliphatic heterocycles. The zero-order valence-electron chi connectivity index (χ0n) is 7.41. The minimum Gasteiger partial charge on any atom is -0.481 e. The Hall–Kier alpha value is -1.44. The molecule has 0 spiro atoms. The van der Waals surface area contributed by atoms with Gasteiger partial charge in [0.25, 0.3) is 18.7 Å². The highest BCUT2D eigenvalue weighted by atomic mass is 19.3. The molecule has 0 aromatic rings. The van der Waals surface area contributed by atoms with Crippen LogP contribution in [0, 0.1) is 12.5 Å². The Morgan fingerprint density at radius 1 is 1.57 bits per heavy atom. The van der Waals surface area contributed by atoms with Gasteiger partial charge in [-0.05, 0) is 12.8 Å². The molecule has 1 aliphatic rings. The summed E-state index contributed by atoms with van der Waals surface area (Å²) in [7, 11) is 0. The van der Waals surface area contributed by atoms with E-state index in [1.54, 1.807) is 0 Å². The largest absolute Gasteiger partial charge is 0.481 e. The predicted molar refractivity (Wildman–Crippen MR) is 46.3 cm³/mol. The van der Waals surface area contributed by atoms with Gasteiger partial charge >= 0.3 is 5.97 Å². The Morgan fingerprint density at radius 2 is 2.21 bits per heavy atom. The fraction of sp³-hybridized carbons (Fsp3) is 0.556. The second kappa shape index (κ2) is 4.18. The quantitative estimate of drug-likeness (QED) is 0.709. The maximum absolute atomic E-state index is 12.3. The molecular weight excluding hydrogens is 192 g/mol. The van der Waals surface area contributed by atoms with Gasteiger partial charge in [0.1, 0.15) is 0 Å². The number of carboxylic acids is 1. The zero-order chi connectivity index (χ0) is 10.7. The molecule has 0 amide bonds. The van der Waals surface area contributed by atoms with E-state index in [9.17, 15) is 13.6 Å². The van der Waals surface area contributed by atoms with E-state index >= 15 is 0 Å². The third-order valence-electron chi connectivity index (χ3n) is 2.44. The van der Waals surface area contributed by atoms with E-state index in [4.69, 9.17) is 11.7 Å². The van der Waals surface area contributed by atoms with E-state index in [1.807, 2.05) is 0 Å². The molecule has 1 rings (SSSR count). The molecule has 1 N–H and O–H groups in total. The highest BCUT2D eigenvalue weighted by Crippen LogP contribution is 2.33. The van der Waals surface area contributed by atoms with Gasteiger partial charge in [-0.15, -0.1) is 0 Å². The van der Waals surface area contributed by atoms with Crippen molar-refractivity contribution in [2.24, 2.45) is 5.92 Å². The minimum atomic E-state index is -1.78. The number of halogens is 2. The fourth-order valence-electron chi connectivity index (χ4n) is 1.62. The lowest BCUT2D eigenvalue weighted by Crippen LogP contribution is -2.26. The summed E-state index contributed by atoms with van der Waals surface area (Å²) in [5.74, 6) is -1.59. The first kappa shape index (κ1) is 10.6.